The zero-order chi connectivity index (χ0) is 18.1. The summed E-state index contributed by atoms with van der Waals surface area (Å²) in [6.45, 7) is 14.2. The number of hydrogen-bond acceptors (Lipinski definition) is 3. The van der Waals surface area contributed by atoms with Crippen LogP contribution in [0.15, 0.2) is 4.99 Å². The fourth-order valence-corrected chi connectivity index (χ4v) is 4.38. The van der Waals surface area contributed by atoms with Gasteiger partial charge in [-0.3, -0.25) is 4.99 Å². The number of rotatable bonds is 8. The van der Waals surface area contributed by atoms with E-state index in [1.807, 2.05) is 7.05 Å². The predicted octanol–water partition coefficient (Wildman–Crippen LogP) is 2.97. The number of likely N-dealkylation sites (N-methyl/N-ethyl adjacent to an activating group) is 1. The van der Waals surface area contributed by atoms with Gasteiger partial charge in [0.1, 0.15) is 0 Å². The summed E-state index contributed by atoms with van der Waals surface area (Å²) < 4.78 is 0. The van der Waals surface area contributed by atoms with Crippen LogP contribution in [-0.2, 0) is 0 Å². The highest BCUT2D eigenvalue weighted by atomic mass is 127. The number of guanidine groups is 1. The first-order valence-electron chi connectivity index (χ1n) is 10.5. The van der Waals surface area contributed by atoms with Gasteiger partial charge in [0, 0.05) is 52.9 Å². The quantitative estimate of drug-likeness (QED) is 0.251. The molecule has 1 unspecified atom stereocenters. The van der Waals surface area contributed by atoms with Crippen molar-refractivity contribution in [2.45, 2.75) is 46.0 Å². The van der Waals surface area contributed by atoms with Gasteiger partial charge in [0.15, 0.2) is 5.96 Å². The molecule has 0 radical (unpaired) electrons. The number of aliphatic imine (C=N–C) groups is 1. The highest BCUT2D eigenvalue weighted by molar-refractivity contribution is 14.0. The Labute approximate surface area is 179 Å². The Morgan fingerprint density at radius 3 is 2.38 bits per heavy atom. The molecule has 0 spiro atoms. The molecule has 2 aliphatic rings. The van der Waals surface area contributed by atoms with Gasteiger partial charge in [0.05, 0.1) is 0 Å². The molecule has 1 atom stereocenters. The number of piperazine rings is 1. The molecule has 1 N–H and O–H groups in total. The molecular formula is C20H42IN5. The van der Waals surface area contributed by atoms with E-state index in [1.165, 1.54) is 77.9 Å². The van der Waals surface area contributed by atoms with Crippen LogP contribution >= 0.6 is 24.0 Å². The zero-order valence-corrected chi connectivity index (χ0v) is 19.9. The number of hydrogen-bond donors (Lipinski definition) is 1. The van der Waals surface area contributed by atoms with Crippen molar-refractivity contribution in [3.05, 3.63) is 0 Å². The minimum atomic E-state index is 0. The first-order chi connectivity index (χ1) is 12.2. The van der Waals surface area contributed by atoms with E-state index < -0.39 is 0 Å². The van der Waals surface area contributed by atoms with Gasteiger partial charge in [-0.05, 0) is 44.7 Å². The molecule has 2 aliphatic heterocycles. The zero-order valence-electron chi connectivity index (χ0n) is 17.5. The molecule has 154 valence electrons. The van der Waals surface area contributed by atoms with Crippen molar-refractivity contribution in [2.24, 2.45) is 16.8 Å². The largest absolute Gasteiger partial charge is 0.356 e. The maximum atomic E-state index is 4.53. The van der Waals surface area contributed by atoms with Crippen LogP contribution in [-0.4, -0.2) is 87.1 Å². The molecule has 6 heteroatoms. The molecule has 2 heterocycles. The third-order valence-electron chi connectivity index (χ3n) is 6.23. The van der Waals surface area contributed by atoms with Crippen molar-refractivity contribution in [1.29, 1.82) is 0 Å². The summed E-state index contributed by atoms with van der Waals surface area (Å²) >= 11 is 0. The first kappa shape index (κ1) is 24.0. The summed E-state index contributed by atoms with van der Waals surface area (Å²) in [5.74, 6) is 2.85. The molecule has 2 saturated heterocycles. The van der Waals surface area contributed by atoms with Crippen LogP contribution < -0.4 is 5.32 Å². The average molecular weight is 479 g/mol. The summed E-state index contributed by atoms with van der Waals surface area (Å²) in [6.07, 6.45) is 6.47. The van der Waals surface area contributed by atoms with Gasteiger partial charge in [0.2, 0.25) is 0 Å². The van der Waals surface area contributed by atoms with Crippen molar-refractivity contribution >= 4 is 29.9 Å². The Hall–Kier alpha value is -0.0800. The molecule has 0 aromatic heterocycles. The highest BCUT2D eigenvalue weighted by Gasteiger charge is 2.29. The lowest BCUT2D eigenvalue weighted by Gasteiger charge is -2.32. The van der Waals surface area contributed by atoms with E-state index in [0.717, 1.165) is 24.3 Å². The number of likely N-dealkylation sites (tertiary alicyclic amines) is 1. The van der Waals surface area contributed by atoms with Crippen LogP contribution in [0.1, 0.15) is 46.0 Å². The van der Waals surface area contributed by atoms with Gasteiger partial charge in [-0.15, -0.1) is 24.0 Å². The fourth-order valence-electron chi connectivity index (χ4n) is 4.38. The van der Waals surface area contributed by atoms with Crippen LogP contribution in [0.4, 0.5) is 0 Å². The Bertz CT molecular complexity index is 392. The number of nitrogens with zero attached hydrogens (tertiary/aromatic N) is 4. The van der Waals surface area contributed by atoms with Crippen molar-refractivity contribution < 1.29 is 0 Å². The molecule has 26 heavy (non-hydrogen) atoms. The average Bonchev–Trinajstić information content (AvgIpc) is 3.10. The molecule has 0 saturated carbocycles. The second-order valence-electron chi connectivity index (χ2n) is 7.90. The van der Waals surface area contributed by atoms with Crippen LogP contribution in [0.2, 0.25) is 0 Å². The van der Waals surface area contributed by atoms with Gasteiger partial charge in [0.25, 0.3) is 0 Å². The lowest BCUT2D eigenvalue weighted by atomic mass is 9.87. The summed E-state index contributed by atoms with van der Waals surface area (Å²) in [4.78, 5) is 12.0. The van der Waals surface area contributed by atoms with Gasteiger partial charge in [-0.25, -0.2) is 0 Å². The molecule has 0 aromatic carbocycles. The van der Waals surface area contributed by atoms with Crippen LogP contribution in [0, 0.1) is 11.8 Å². The molecule has 0 amide bonds. The smallest absolute Gasteiger partial charge is 0.193 e. The Morgan fingerprint density at radius 1 is 1.08 bits per heavy atom. The number of halogens is 1. The maximum Gasteiger partial charge on any atom is 0.193 e. The van der Waals surface area contributed by atoms with E-state index in [2.05, 4.69) is 45.9 Å². The maximum absolute atomic E-state index is 4.53. The molecule has 0 aromatic rings. The van der Waals surface area contributed by atoms with Gasteiger partial charge in [-0.1, -0.05) is 26.7 Å². The van der Waals surface area contributed by atoms with Crippen LogP contribution in [0.25, 0.3) is 0 Å². The second kappa shape index (κ2) is 13.2. The van der Waals surface area contributed by atoms with Crippen LogP contribution in [0.3, 0.4) is 0 Å². The monoisotopic (exact) mass is 479 g/mol. The van der Waals surface area contributed by atoms with E-state index >= 15 is 0 Å². The summed E-state index contributed by atoms with van der Waals surface area (Å²) in [7, 11) is 4.15. The Kier molecular flexibility index (Phi) is 12.1. The number of unbranched alkanes of at least 4 members (excludes halogenated alkanes) is 1. The van der Waals surface area contributed by atoms with E-state index in [9.17, 15) is 0 Å². The van der Waals surface area contributed by atoms with Crippen molar-refractivity contribution in [1.82, 2.24) is 20.0 Å². The second-order valence-corrected chi connectivity index (χ2v) is 7.90. The Balaban J connectivity index is 0.00000338. The standard InChI is InChI=1S/C20H41N5.HI/c1-5-18(6-2)19-9-12-25(17-19)20(21-3)22-10-7-8-11-24-15-13-23(4)14-16-24;/h18-19H,5-17H2,1-4H3,(H,21,22);1H. The molecule has 0 bridgehead atoms. The number of nitrogens with one attached hydrogen (secondary N) is 1. The van der Waals surface area contributed by atoms with Crippen molar-refractivity contribution in [2.75, 3.05) is 66.5 Å². The first-order valence-corrected chi connectivity index (χ1v) is 10.5. The lowest BCUT2D eigenvalue weighted by Crippen LogP contribution is -2.44. The summed E-state index contributed by atoms with van der Waals surface area (Å²) in [5.41, 5.74) is 0. The van der Waals surface area contributed by atoms with Crippen molar-refractivity contribution in [3.63, 3.8) is 0 Å². The van der Waals surface area contributed by atoms with E-state index in [0.29, 0.717) is 0 Å². The van der Waals surface area contributed by atoms with Crippen LogP contribution in [0.5, 0.6) is 0 Å². The molecule has 2 fully saturated rings. The molecule has 5 nitrogen and oxygen atoms in total. The molecule has 0 aliphatic carbocycles. The molecular weight excluding hydrogens is 437 g/mol. The Morgan fingerprint density at radius 2 is 1.77 bits per heavy atom. The minimum Gasteiger partial charge on any atom is -0.356 e. The predicted molar refractivity (Wildman–Crippen MR) is 124 cm³/mol. The fraction of sp³-hybridized carbons (Fsp3) is 0.950. The van der Waals surface area contributed by atoms with E-state index in [-0.39, 0.29) is 24.0 Å². The third kappa shape index (κ3) is 7.50. The van der Waals surface area contributed by atoms with Gasteiger partial charge >= 0.3 is 0 Å². The van der Waals surface area contributed by atoms with E-state index in [4.69, 9.17) is 0 Å². The summed E-state index contributed by atoms with van der Waals surface area (Å²) in [6, 6.07) is 0. The summed E-state index contributed by atoms with van der Waals surface area (Å²) in [5, 5.41) is 3.60. The van der Waals surface area contributed by atoms with Gasteiger partial charge in [-0.2, -0.15) is 0 Å². The van der Waals surface area contributed by atoms with Crippen molar-refractivity contribution in [3.8, 4) is 0 Å². The highest BCUT2D eigenvalue weighted by Crippen LogP contribution is 2.28. The van der Waals surface area contributed by atoms with E-state index in [1.54, 1.807) is 0 Å². The molecule has 2 rings (SSSR count). The third-order valence-corrected chi connectivity index (χ3v) is 6.23. The lowest BCUT2D eigenvalue weighted by molar-refractivity contribution is 0.152. The normalized spacial score (nSPS) is 22.7. The topological polar surface area (TPSA) is 34.1 Å². The van der Waals surface area contributed by atoms with Gasteiger partial charge < -0.3 is 20.0 Å². The minimum absolute atomic E-state index is 0. The SMILES string of the molecule is CCC(CC)C1CCN(C(=NC)NCCCCN2CCN(C)CC2)C1.I.